The lowest BCUT2D eigenvalue weighted by Gasteiger charge is -2.27. The van der Waals surface area contributed by atoms with Crippen LogP contribution in [0.3, 0.4) is 0 Å². The van der Waals surface area contributed by atoms with Crippen LogP contribution in [0.1, 0.15) is 42.9 Å². The van der Waals surface area contributed by atoms with Crippen LogP contribution >= 0.6 is 11.3 Å². The Bertz CT molecular complexity index is 844. The van der Waals surface area contributed by atoms with Gasteiger partial charge in [-0.2, -0.15) is 0 Å². The summed E-state index contributed by atoms with van der Waals surface area (Å²) in [6.45, 7) is 1.86. The summed E-state index contributed by atoms with van der Waals surface area (Å²) in [4.78, 5) is 27.8. The summed E-state index contributed by atoms with van der Waals surface area (Å²) in [6, 6.07) is 7.07. The highest BCUT2D eigenvalue weighted by molar-refractivity contribution is 7.16. The summed E-state index contributed by atoms with van der Waals surface area (Å²) in [6.07, 6.45) is 0.607. The minimum atomic E-state index is -0.371. The Hall–Kier alpha value is -2.38. The maximum Gasteiger partial charge on any atom is 0.337 e. The zero-order valence-electron chi connectivity index (χ0n) is 14.1. The first-order chi connectivity index (χ1) is 12.1. The first kappa shape index (κ1) is 16.1. The van der Waals surface area contributed by atoms with Crippen LogP contribution in [0.25, 0.3) is 0 Å². The molecule has 1 atom stereocenters. The molecule has 0 saturated carbocycles. The maximum absolute atomic E-state index is 12.7. The number of carbonyl (C=O) groups is 2. The fraction of sp³-hybridized carbons (Fsp3) is 0.333. The first-order valence-corrected chi connectivity index (χ1v) is 8.97. The molecular weight excluding hydrogens is 338 g/mol. The van der Waals surface area contributed by atoms with Crippen molar-refractivity contribution in [3.63, 3.8) is 0 Å². The number of likely N-dealkylation sites (N-methyl/N-ethyl adjacent to an activating group) is 1. The molecule has 1 amide bonds. The number of hydrogen-bond acceptors (Lipinski definition) is 6. The van der Waals surface area contributed by atoms with Crippen LogP contribution < -0.4 is 10.6 Å². The minimum absolute atomic E-state index is 0.0298. The summed E-state index contributed by atoms with van der Waals surface area (Å²) in [5.74, 6) is -0.401. The number of ether oxygens (including phenoxy) is 1. The standard InChI is InChI=1S/C18H19N3O3S/c1-21-8-7-12-13(9-21)25-17-14(12)16(22)19-15(20-17)10-3-5-11(6-4-10)18(23)24-2/h3-6,15,20H,7-9H2,1-2H3,(H,19,22). The smallest absolute Gasteiger partial charge is 0.337 e. The molecule has 2 aliphatic heterocycles. The highest BCUT2D eigenvalue weighted by Gasteiger charge is 2.32. The number of rotatable bonds is 2. The molecule has 0 radical (unpaired) electrons. The molecule has 1 aromatic heterocycles. The fourth-order valence-corrected chi connectivity index (χ4v) is 4.69. The lowest BCUT2D eigenvalue weighted by atomic mass is 10.0. The molecule has 0 saturated heterocycles. The van der Waals surface area contributed by atoms with E-state index in [4.69, 9.17) is 4.74 Å². The van der Waals surface area contributed by atoms with Gasteiger partial charge >= 0.3 is 5.97 Å². The molecule has 2 N–H and O–H groups in total. The zero-order valence-corrected chi connectivity index (χ0v) is 14.9. The normalized spacial score (nSPS) is 19.4. The molecule has 1 aromatic carbocycles. The van der Waals surface area contributed by atoms with Crippen molar-refractivity contribution < 1.29 is 14.3 Å². The van der Waals surface area contributed by atoms with E-state index in [-0.39, 0.29) is 18.0 Å². The highest BCUT2D eigenvalue weighted by atomic mass is 32.1. The summed E-state index contributed by atoms with van der Waals surface area (Å²) >= 11 is 1.67. The van der Waals surface area contributed by atoms with Crippen molar-refractivity contribution in [2.75, 3.05) is 26.0 Å². The van der Waals surface area contributed by atoms with Crippen molar-refractivity contribution in [1.82, 2.24) is 10.2 Å². The lowest BCUT2D eigenvalue weighted by Crippen LogP contribution is -2.38. The molecule has 6 nitrogen and oxygen atoms in total. The number of hydrogen-bond donors (Lipinski definition) is 2. The Morgan fingerprint density at radius 3 is 2.76 bits per heavy atom. The predicted molar refractivity (Wildman–Crippen MR) is 96.0 cm³/mol. The minimum Gasteiger partial charge on any atom is -0.465 e. The summed E-state index contributed by atoms with van der Waals surface area (Å²) in [5, 5.41) is 7.39. The zero-order chi connectivity index (χ0) is 17.6. The second kappa shape index (κ2) is 6.16. The van der Waals surface area contributed by atoms with Crippen LogP contribution in [0.5, 0.6) is 0 Å². The number of fused-ring (bicyclic) bond motifs is 3. The van der Waals surface area contributed by atoms with Gasteiger partial charge in [-0.05, 0) is 36.7 Å². The molecule has 0 spiro atoms. The van der Waals surface area contributed by atoms with Gasteiger partial charge in [0.25, 0.3) is 5.91 Å². The lowest BCUT2D eigenvalue weighted by molar-refractivity contribution is 0.0600. The molecule has 0 fully saturated rings. The van der Waals surface area contributed by atoms with Crippen molar-refractivity contribution in [2.24, 2.45) is 0 Å². The van der Waals surface area contributed by atoms with Crippen LogP contribution in [-0.2, 0) is 17.7 Å². The SMILES string of the molecule is COC(=O)c1ccc(C2NC(=O)c3c(sc4c3CCN(C)C4)N2)cc1. The monoisotopic (exact) mass is 357 g/mol. The van der Waals surface area contributed by atoms with E-state index >= 15 is 0 Å². The molecule has 130 valence electrons. The Labute approximate surface area is 149 Å². The van der Waals surface area contributed by atoms with Crippen LogP contribution in [-0.4, -0.2) is 37.5 Å². The molecule has 2 aliphatic rings. The number of methoxy groups -OCH3 is 1. The van der Waals surface area contributed by atoms with E-state index in [1.54, 1.807) is 23.5 Å². The average Bonchev–Trinajstić information content (AvgIpc) is 2.98. The number of amides is 1. The van der Waals surface area contributed by atoms with E-state index < -0.39 is 0 Å². The second-order valence-corrected chi connectivity index (χ2v) is 7.47. The number of esters is 1. The number of anilines is 1. The Morgan fingerprint density at radius 1 is 1.28 bits per heavy atom. The van der Waals surface area contributed by atoms with Crippen LogP contribution in [0.15, 0.2) is 24.3 Å². The quantitative estimate of drug-likeness (QED) is 0.808. The van der Waals surface area contributed by atoms with Gasteiger partial charge in [-0.15, -0.1) is 11.3 Å². The van der Waals surface area contributed by atoms with Crippen molar-refractivity contribution in [3.8, 4) is 0 Å². The van der Waals surface area contributed by atoms with Gasteiger partial charge in [0, 0.05) is 18.0 Å². The fourth-order valence-electron chi connectivity index (χ4n) is 3.34. The van der Waals surface area contributed by atoms with Crippen LogP contribution in [0, 0.1) is 0 Å². The van der Waals surface area contributed by atoms with E-state index in [0.717, 1.165) is 35.6 Å². The highest BCUT2D eigenvalue weighted by Crippen LogP contribution is 2.40. The van der Waals surface area contributed by atoms with Crippen LogP contribution in [0.4, 0.5) is 5.00 Å². The molecule has 4 rings (SSSR count). The van der Waals surface area contributed by atoms with Crippen molar-refractivity contribution in [3.05, 3.63) is 51.4 Å². The van der Waals surface area contributed by atoms with Gasteiger partial charge in [-0.1, -0.05) is 12.1 Å². The average molecular weight is 357 g/mol. The van der Waals surface area contributed by atoms with Crippen molar-refractivity contribution in [2.45, 2.75) is 19.1 Å². The number of nitrogens with zero attached hydrogens (tertiary/aromatic N) is 1. The summed E-state index contributed by atoms with van der Waals surface area (Å²) in [7, 11) is 3.46. The third-order valence-electron chi connectivity index (χ3n) is 4.69. The number of carbonyl (C=O) groups excluding carboxylic acids is 2. The third-order valence-corrected chi connectivity index (χ3v) is 5.84. The molecule has 0 aliphatic carbocycles. The number of nitrogens with one attached hydrogen (secondary N) is 2. The van der Waals surface area contributed by atoms with Gasteiger partial charge in [0.2, 0.25) is 0 Å². The number of thiophene rings is 1. The molecular formula is C18H19N3O3S. The van der Waals surface area contributed by atoms with Gasteiger partial charge in [0.15, 0.2) is 0 Å². The van der Waals surface area contributed by atoms with Crippen LogP contribution in [0.2, 0.25) is 0 Å². The van der Waals surface area contributed by atoms with Crippen molar-refractivity contribution in [1.29, 1.82) is 0 Å². The van der Waals surface area contributed by atoms with E-state index in [1.807, 2.05) is 12.1 Å². The number of benzene rings is 1. The van der Waals surface area contributed by atoms with Gasteiger partial charge < -0.3 is 20.3 Å². The van der Waals surface area contributed by atoms with E-state index in [1.165, 1.54) is 17.6 Å². The molecule has 25 heavy (non-hydrogen) atoms. The van der Waals surface area contributed by atoms with Gasteiger partial charge in [0.05, 0.1) is 18.2 Å². The topological polar surface area (TPSA) is 70.7 Å². The second-order valence-electron chi connectivity index (χ2n) is 6.36. The van der Waals surface area contributed by atoms with Gasteiger partial charge in [-0.25, -0.2) is 4.79 Å². The van der Waals surface area contributed by atoms with Gasteiger partial charge in [0.1, 0.15) is 11.2 Å². The van der Waals surface area contributed by atoms with Gasteiger partial charge in [-0.3, -0.25) is 4.79 Å². The molecule has 1 unspecified atom stereocenters. The van der Waals surface area contributed by atoms with E-state index in [9.17, 15) is 9.59 Å². The Balaban J connectivity index is 1.61. The molecule has 2 aromatic rings. The molecule has 3 heterocycles. The third kappa shape index (κ3) is 2.79. The van der Waals surface area contributed by atoms with E-state index in [2.05, 4.69) is 22.6 Å². The van der Waals surface area contributed by atoms with E-state index in [0.29, 0.717) is 5.56 Å². The Morgan fingerprint density at radius 2 is 2.04 bits per heavy atom. The summed E-state index contributed by atoms with van der Waals surface area (Å²) in [5.41, 5.74) is 3.37. The largest absolute Gasteiger partial charge is 0.465 e. The Kier molecular flexibility index (Phi) is 3.97. The predicted octanol–water partition coefficient (Wildman–Crippen LogP) is 2.38. The summed E-state index contributed by atoms with van der Waals surface area (Å²) < 4.78 is 4.71. The van der Waals surface area contributed by atoms with Crippen molar-refractivity contribution >= 4 is 28.2 Å². The molecule has 7 heteroatoms. The molecule has 0 bridgehead atoms. The first-order valence-electron chi connectivity index (χ1n) is 8.15. The maximum atomic E-state index is 12.7.